The Labute approximate surface area is 234 Å². The van der Waals surface area contributed by atoms with Gasteiger partial charge in [-0.1, -0.05) is 72.8 Å². The second-order valence-corrected chi connectivity index (χ2v) is 9.55. The fourth-order valence-electron chi connectivity index (χ4n) is 4.49. The Morgan fingerprint density at radius 1 is 0.250 bits per heavy atom. The molecule has 4 N–H and O–H groups in total. The zero-order valence-corrected chi connectivity index (χ0v) is 21.8. The molecular weight excluding hydrogens is 492 g/mol. The third kappa shape index (κ3) is 5.82. The highest BCUT2D eigenvalue weighted by atomic mass is 16.5. The van der Waals surface area contributed by atoms with Crippen molar-refractivity contribution in [2.45, 2.75) is 0 Å². The van der Waals surface area contributed by atoms with Crippen LogP contribution in [0.2, 0.25) is 0 Å². The number of hydrogen-bond acceptors (Lipinski definition) is 4. The molecule has 0 aliphatic rings. The van der Waals surface area contributed by atoms with Crippen molar-refractivity contribution in [1.82, 2.24) is 0 Å². The Morgan fingerprint density at radius 3 is 0.650 bits per heavy atom. The molecule has 0 spiro atoms. The molecule has 0 bridgehead atoms. The van der Waals surface area contributed by atoms with Crippen LogP contribution in [-0.2, 0) is 0 Å². The quantitative estimate of drug-likeness (QED) is 0.206. The summed E-state index contributed by atoms with van der Waals surface area (Å²) in [6.45, 7) is 0. The first kappa shape index (κ1) is 24.8. The zero-order valence-electron chi connectivity index (χ0n) is 21.8. The Balaban J connectivity index is 1.10. The van der Waals surface area contributed by atoms with E-state index in [2.05, 4.69) is 72.8 Å². The monoisotopic (exact) mass is 520 g/mol. The summed E-state index contributed by atoms with van der Waals surface area (Å²) < 4.78 is 11.8. The van der Waals surface area contributed by atoms with Gasteiger partial charge in [0, 0.05) is 11.4 Å². The van der Waals surface area contributed by atoms with Gasteiger partial charge in [0.15, 0.2) is 0 Å². The summed E-state index contributed by atoms with van der Waals surface area (Å²) in [5, 5.41) is 0. The van der Waals surface area contributed by atoms with Crippen molar-refractivity contribution in [2.24, 2.45) is 0 Å². The summed E-state index contributed by atoms with van der Waals surface area (Å²) >= 11 is 0. The zero-order chi connectivity index (χ0) is 27.3. The van der Waals surface area contributed by atoms with Gasteiger partial charge in [-0.2, -0.15) is 0 Å². The van der Waals surface area contributed by atoms with Crippen molar-refractivity contribution in [3.8, 4) is 56.4 Å². The van der Waals surface area contributed by atoms with E-state index >= 15 is 0 Å². The summed E-state index contributed by atoms with van der Waals surface area (Å²) in [6.07, 6.45) is 0. The summed E-state index contributed by atoms with van der Waals surface area (Å²) in [6, 6.07) is 48.2. The predicted molar refractivity (Wildman–Crippen MR) is 165 cm³/mol. The fourth-order valence-corrected chi connectivity index (χ4v) is 4.49. The lowest BCUT2D eigenvalue weighted by Crippen LogP contribution is -1.87. The molecule has 0 unspecified atom stereocenters. The van der Waals surface area contributed by atoms with Crippen LogP contribution in [0.25, 0.3) is 33.4 Å². The van der Waals surface area contributed by atoms with Crippen molar-refractivity contribution in [1.29, 1.82) is 0 Å². The molecule has 0 saturated carbocycles. The van der Waals surface area contributed by atoms with E-state index in [1.165, 1.54) is 11.1 Å². The largest absolute Gasteiger partial charge is 0.457 e. The van der Waals surface area contributed by atoms with Gasteiger partial charge in [-0.25, -0.2) is 0 Å². The Kier molecular flexibility index (Phi) is 6.89. The number of rotatable bonds is 7. The number of ether oxygens (including phenoxy) is 2. The maximum atomic E-state index is 5.91. The van der Waals surface area contributed by atoms with Crippen molar-refractivity contribution in [3.63, 3.8) is 0 Å². The minimum Gasteiger partial charge on any atom is -0.457 e. The molecule has 0 atom stereocenters. The van der Waals surface area contributed by atoms with Crippen LogP contribution < -0.4 is 20.9 Å². The lowest BCUT2D eigenvalue weighted by molar-refractivity contribution is 0.482. The fraction of sp³-hybridized carbons (Fsp3) is 0. The average Bonchev–Trinajstić information content (AvgIpc) is 3.01. The lowest BCUT2D eigenvalue weighted by atomic mass is 9.98. The van der Waals surface area contributed by atoms with E-state index in [0.717, 1.165) is 45.3 Å². The van der Waals surface area contributed by atoms with Gasteiger partial charge in [0.1, 0.15) is 23.0 Å². The molecule has 40 heavy (non-hydrogen) atoms. The second-order valence-electron chi connectivity index (χ2n) is 9.55. The number of nitrogens with two attached hydrogens (primary N) is 2. The van der Waals surface area contributed by atoms with Crippen LogP contribution in [-0.4, -0.2) is 0 Å². The second kappa shape index (κ2) is 11.1. The molecule has 0 radical (unpaired) electrons. The maximum absolute atomic E-state index is 5.91. The summed E-state index contributed by atoms with van der Waals surface area (Å²) in [7, 11) is 0. The molecule has 6 aromatic carbocycles. The molecule has 4 nitrogen and oxygen atoms in total. The van der Waals surface area contributed by atoms with Crippen molar-refractivity contribution in [2.75, 3.05) is 11.5 Å². The van der Waals surface area contributed by atoms with Gasteiger partial charge in [-0.3, -0.25) is 0 Å². The van der Waals surface area contributed by atoms with E-state index in [-0.39, 0.29) is 0 Å². The minimum absolute atomic E-state index is 0.717. The molecule has 0 amide bonds. The average molecular weight is 521 g/mol. The van der Waals surface area contributed by atoms with E-state index < -0.39 is 0 Å². The first-order valence-corrected chi connectivity index (χ1v) is 13.1. The van der Waals surface area contributed by atoms with Crippen LogP contribution in [0, 0.1) is 0 Å². The highest BCUT2D eigenvalue weighted by Crippen LogP contribution is 2.31. The standard InChI is InChI=1S/C36H28N2O2/c37-31-13-21-35(22-14-31)39-33-17-9-29(10-18-33)27-5-1-25(2-6-27)26-3-7-28(8-4-26)30-11-19-34(20-12-30)40-36-23-15-32(38)16-24-36/h1-24H,37-38H2. The Hall–Kier alpha value is -5.48. The number of hydrogen-bond donors (Lipinski definition) is 2. The molecule has 0 aliphatic carbocycles. The van der Waals surface area contributed by atoms with E-state index in [0.29, 0.717) is 11.4 Å². The summed E-state index contributed by atoms with van der Waals surface area (Å²) in [5.74, 6) is 3.10. The predicted octanol–water partition coefficient (Wildman–Crippen LogP) is 9.44. The van der Waals surface area contributed by atoms with Gasteiger partial charge in [-0.15, -0.1) is 0 Å². The highest BCUT2D eigenvalue weighted by molar-refractivity contribution is 5.73. The van der Waals surface area contributed by atoms with E-state index in [9.17, 15) is 0 Å². The molecule has 194 valence electrons. The highest BCUT2D eigenvalue weighted by Gasteiger charge is 2.05. The van der Waals surface area contributed by atoms with Crippen molar-refractivity contribution < 1.29 is 9.47 Å². The molecule has 0 heterocycles. The topological polar surface area (TPSA) is 70.5 Å². The van der Waals surface area contributed by atoms with E-state index in [4.69, 9.17) is 20.9 Å². The van der Waals surface area contributed by atoms with Gasteiger partial charge < -0.3 is 20.9 Å². The third-order valence-electron chi connectivity index (χ3n) is 6.71. The van der Waals surface area contributed by atoms with Crippen LogP contribution in [0.5, 0.6) is 23.0 Å². The molecule has 4 heteroatoms. The van der Waals surface area contributed by atoms with Crippen LogP contribution in [0.15, 0.2) is 146 Å². The molecule has 0 saturated heterocycles. The number of nitrogen functional groups attached to an aromatic ring is 2. The van der Waals surface area contributed by atoms with Crippen molar-refractivity contribution >= 4 is 11.4 Å². The molecule has 6 rings (SSSR count). The molecule has 6 aromatic rings. The van der Waals surface area contributed by atoms with Gasteiger partial charge >= 0.3 is 0 Å². The molecule has 0 aliphatic heterocycles. The minimum atomic E-state index is 0.717. The summed E-state index contributed by atoms with van der Waals surface area (Å²) in [5.41, 5.74) is 19.9. The molecule has 0 aromatic heterocycles. The lowest BCUT2D eigenvalue weighted by Gasteiger charge is -2.09. The van der Waals surface area contributed by atoms with Crippen LogP contribution in [0.1, 0.15) is 0 Å². The Morgan fingerprint density at radius 2 is 0.425 bits per heavy atom. The Bertz CT molecular complexity index is 1560. The number of anilines is 2. The van der Waals surface area contributed by atoms with Gasteiger partial charge in [-0.05, 0) is 106 Å². The van der Waals surface area contributed by atoms with Crippen molar-refractivity contribution in [3.05, 3.63) is 146 Å². The van der Waals surface area contributed by atoms with Gasteiger partial charge in [0.2, 0.25) is 0 Å². The van der Waals surface area contributed by atoms with Gasteiger partial charge in [0.25, 0.3) is 0 Å². The number of benzene rings is 6. The first-order valence-electron chi connectivity index (χ1n) is 13.1. The van der Waals surface area contributed by atoms with Gasteiger partial charge in [0.05, 0.1) is 0 Å². The maximum Gasteiger partial charge on any atom is 0.127 e. The summed E-state index contributed by atoms with van der Waals surface area (Å²) in [4.78, 5) is 0. The van der Waals surface area contributed by atoms with Crippen LogP contribution in [0.3, 0.4) is 0 Å². The van der Waals surface area contributed by atoms with E-state index in [1.807, 2.05) is 72.8 Å². The third-order valence-corrected chi connectivity index (χ3v) is 6.71. The molecular formula is C36H28N2O2. The van der Waals surface area contributed by atoms with Crippen LogP contribution >= 0.6 is 0 Å². The van der Waals surface area contributed by atoms with Crippen LogP contribution in [0.4, 0.5) is 11.4 Å². The van der Waals surface area contributed by atoms with E-state index in [1.54, 1.807) is 0 Å². The molecule has 0 fully saturated rings. The SMILES string of the molecule is Nc1ccc(Oc2ccc(-c3ccc(-c4ccc(-c5ccc(Oc6ccc(N)cc6)cc5)cc4)cc3)cc2)cc1. The smallest absolute Gasteiger partial charge is 0.127 e. The first-order chi connectivity index (χ1) is 19.6. The normalized spacial score (nSPS) is 10.7.